The number of nitrogens with one attached hydrogen (secondary N) is 3. The minimum Gasteiger partial charge on any atom is -0.384 e. The molecule has 3 N–H and O–H groups in total. The summed E-state index contributed by atoms with van der Waals surface area (Å²) < 4.78 is 32.1. The molecule has 0 saturated carbocycles. The van der Waals surface area contributed by atoms with Crippen LogP contribution in [-0.4, -0.2) is 59.6 Å². The smallest absolute Gasteiger partial charge is 0.263 e. The van der Waals surface area contributed by atoms with Crippen LogP contribution >= 0.6 is 0 Å². The van der Waals surface area contributed by atoms with Crippen molar-refractivity contribution in [2.75, 3.05) is 33.4 Å². The van der Waals surface area contributed by atoms with E-state index in [1.54, 1.807) is 32.2 Å². The number of benzene rings is 1. The van der Waals surface area contributed by atoms with E-state index in [-0.39, 0.29) is 22.1 Å². The lowest BCUT2D eigenvalue weighted by Gasteiger charge is -2.37. The molecule has 1 atom stereocenters. The third kappa shape index (κ3) is 4.31. The Morgan fingerprint density at radius 1 is 1.33 bits per heavy atom. The topological polar surface area (TPSA) is 109 Å². The molecule has 0 bridgehead atoms. The highest BCUT2D eigenvalue weighted by atomic mass is 32.2. The van der Waals surface area contributed by atoms with Gasteiger partial charge in [-0.3, -0.25) is 14.5 Å². The molecule has 1 fully saturated rings. The standard InChI is InChI=1S/C18H26N4O4S/c1-13(17(23)20-11-18(12-26-2)7-9-19-10-8-18)21-16-14-5-3-4-6-15(14)27(24,25)22-16/h3-6,13,19H,7-12H2,1-2H3,(H,20,23)(H,21,22). The van der Waals surface area contributed by atoms with Crippen molar-refractivity contribution in [2.45, 2.75) is 30.7 Å². The quantitative estimate of drug-likeness (QED) is 0.641. The fraction of sp³-hybridized carbons (Fsp3) is 0.556. The predicted octanol–water partition coefficient (Wildman–Crippen LogP) is 0.246. The van der Waals surface area contributed by atoms with Gasteiger partial charge >= 0.3 is 0 Å². The van der Waals surface area contributed by atoms with Gasteiger partial charge in [0.25, 0.3) is 10.0 Å². The number of rotatable bonds is 6. The van der Waals surface area contributed by atoms with Gasteiger partial charge in [-0.2, -0.15) is 0 Å². The van der Waals surface area contributed by atoms with E-state index in [4.69, 9.17) is 4.74 Å². The highest BCUT2D eigenvalue weighted by Gasteiger charge is 2.34. The Labute approximate surface area is 159 Å². The highest BCUT2D eigenvalue weighted by molar-refractivity contribution is 7.90. The first-order chi connectivity index (χ1) is 12.9. The van der Waals surface area contributed by atoms with Gasteiger partial charge in [0.15, 0.2) is 0 Å². The summed E-state index contributed by atoms with van der Waals surface area (Å²) in [5.74, 6) is -0.0261. The maximum atomic E-state index is 12.5. The fourth-order valence-electron chi connectivity index (χ4n) is 3.54. The molecule has 0 radical (unpaired) electrons. The fourth-order valence-corrected chi connectivity index (χ4v) is 4.78. The molecule has 1 unspecified atom stereocenters. The van der Waals surface area contributed by atoms with Gasteiger partial charge in [0.05, 0.1) is 11.5 Å². The highest BCUT2D eigenvalue weighted by Crippen LogP contribution is 2.28. The zero-order valence-corrected chi connectivity index (χ0v) is 16.4. The number of amides is 1. The van der Waals surface area contributed by atoms with E-state index in [0.29, 0.717) is 18.7 Å². The van der Waals surface area contributed by atoms with Gasteiger partial charge in [-0.15, -0.1) is 0 Å². The van der Waals surface area contributed by atoms with Gasteiger partial charge in [0.1, 0.15) is 11.9 Å². The zero-order valence-electron chi connectivity index (χ0n) is 15.6. The molecule has 2 aliphatic rings. The molecule has 1 aromatic carbocycles. The SMILES string of the molecule is COCC1(CNC(=O)C(C)N=C2NS(=O)(=O)c3ccccc32)CCNCC1. The van der Waals surface area contributed by atoms with Crippen LogP contribution in [0, 0.1) is 5.41 Å². The number of amidine groups is 1. The molecule has 2 heterocycles. The summed E-state index contributed by atoms with van der Waals surface area (Å²) in [6.07, 6.45) is 1.86. The van der Waals surface area contributed by atoms with Crippen LogP contribution < -0.4 is 15.4 Å². The van der Waals surface area contributed by atoms with Crippen LogP contribution in [0.15, 0.2) is 34.2 Å². The first kappa shape index (κ1) is 19.8. The van der Waals surface area contributed by atoms with E-state index in [0.717, 1.165) is 25.9 Å². The average Bonchev–Trinajstić information content (AvgIpc) is 2.91. The normalized spacial score (nSPS) is 22.7. The van der Waals surface area contributed by atoms with Gasteiger partial charge < -0.3 is 15.4 Å². The van der Waals surface area contributed by atoms with E-state index in [1.807, 2.05) is 0 Å². The Morgan fingerprint density at radius 2 is 2.04 bits per heavy atom. The first-order valence-electron chi connectivity index (χ1n) is 9.04. The van der Waals surface area contributed by atoms with Crippen molar-refractivity contribution in [3.63, 3.8) is 0 Å². The van der Waals surface area contributed by atoms with Crippen molar-refractivity contribution in [3.05, 3.63) is 29.8 Å². The number of aliphatic imine (C=N–C) groups is 1. The van der Waals surface area contributed by atoms with Crippen molar-refractivity contribution in [2.24, 2.45) is 10.4 Å². The van der Waals surface area contributed by atoms with Gasteiger partial charge in [-0.05, 0) is 45.0 Å². The number of carbonyl (C=O) groups is 1. The molecule has 1 saturated heterocycles. The van der Waals surface area contributed by atoms with Crippen LogP contribution in [0.4, 0.5) is 0 Å². The second-order valence-electron chi connectivity index (χ2n) is 7.16. The number of carbonyl (C=O) groups excluding carboxylic acids is 1. The molecule has 1 aromatic rings. The molecule has 27 heavy (non-hydrogen) atoms. The van der Waals surface area contributed by atoms with Crippen molar-refractivity contribution in [1.29, 1.82) is 0 Å². The number of hydrogen-bond donors (Lipinski definition) is 3. The second kappa shape index (κ2) is 7.95. The Kier molecular flexibility index (Phi) is 5.83. The van der Waals surface area contributed by atoms with Crippen LogP contribution in [0.25, 0.3) is 0 Å². The third-order valence-electron chi connectivity index (χ3n) is 5.12. The minimum atomic E-state index is -3.61. The van der Waals surface area contributed by atoms with Crippen molar-refractivity contribution in [1.82, 2.24) is 15.4 Å². The van der Waals surface area contributed by atoms with E-state index < -0.39 is 16.1 Å². The van der Waals surface area contributed by atoms with Gasteiger partial charge in [0, 0.05) is 24.6 Å². The lowest BCUT2D eigenvalue weighted by Crippen LogP contribution is -2.48. The molecule has 0 spiro atoms. The summed E-state index contributed by atoms with van der Waals surface area (Å²) >= 11 is 0. The monoisotopic (exact) mass is 394 g/mol. The summed E-state index contributed by atoms with van der Waals surface area (Å²) in [6.45, 7) is 4.55. The maximum Gasteiger partial charge on any atom is 0.263 e. The Morgan fingerprint density at radius 3 is 2.74 bits per heavy atom. The molecule has 0 aromatic heterocycles. The number of ether oxygens (including phenoxy) is 1. The van der Waals surface area contributed by atoms with Gasteiger partial charge in [0.2, 0.25) is 5.91 Å². The largest absolute Gasteiger partial charge is 0.384 e. The third-order valence-corrected chi connectivity index (χ3v) is 6.51. The first-order valence-corrected chi connectivity index (χ1v) is 10.5. The average molecular weight is 394 g/mol. The molecule has 8 nitrogen and oxygen atoms in total. The number of piperidine rings is 1. The molecule has 1 amide bonds. The lowest BCUT2D eigenvalue weighted by molar-refractivity contribution is -0.122. The summed E-state index contributed by atoms with van der Waals surface area (Å²) in [7, 11) is -1.94. The summed E-state index contributed by atoms with van der Waals surface area (Å²) in [4.78, 5) is 17.0. The number of sulfonamides is 1. The minimum absolute atomic E-state index is 0.0793. The summed E-state index contributed by atoms with van der Waals surface area (Å²) in [6, 6.07) is 5.89. The maximum absolute atomic E-state index is 12.5. The van der Waals surface area contributed by atoms with Crippen molar-refractivity contribution >= 4 is 21.8 Å². The predicted molar refractivity (Wildman–Crippen MR) is 102 cm³/mol. The van der Waals surface area contributed by atoms with E-state index in [2.05, 4.69) is 20.3 Å². The number of nitrogens with zero attached hydrogens (tertiary/aromatic N) is 1. The van der Waals surface area contributed by atoms with Crippen LogP contribution in [-0.2, 0) is 19.6 Å². The van der Waals surface area contributed by atoms with Crippen molar-refractivity contribution in [3.8, 4) is 0 Å². The second-order valence-corrected chi connectivity index (χ2v) is 8.81. The van der Waals surface area contributed by atoms with Crippen LogP contribution in [0.3, 0.4) is 0 Å². The Balaban J connectivity index is 1.68. The van der Waals surface area contributed by atoms with Crippen LogP contribution in [0.2, 0.25) is 0 Å². The van der Waals surface area contributed by atoms with Gasteiger partial charge in [-0.25, -0.2) is 8.42 Å². The molecule has 2 aliphatic heterocycles. The zero-order chi connectivity index (χ0) is 19.5. The number of hydrogen-bond acceptors (Lipinski definition) is 6. The molecule has 148 valence electrons. The lowest BCUT2D eigenvalue weighted by atomic mass is 9.79. The number of methoxy groups -OCH3 is 1. The molecule has 3 rings (SSSR count). The van der Waals surface area contributed by atoms with Crippen LogP contribution in [0.5, 0.6) is 0 Å². The van der Waals surface area contributed by atoms with E-state index in [1.165, 1.54) is 6.07 Å². The molecule has 0 aliphatic carbocycles. The summed E-state index contributed by atoms with van der Waals surface area (Å²) in [5, 5.41) is 6.28. The Bertz CT molecular complexity index is 826. The van der Waals surface area contributed by atoms with Crippen LogP contribution in [0.1, 0.15) is 25.3 Å². The summed E-state index contributed by atoms with van der Waals surface area (Å²) in [5.41, 5.74) is 0.413. The molecular weight excluding hydrogens is 368 g/mol. The van der Waals surface area contributed by atoms with E-state index in [9.17, 15) is 13.2 Å². The number of fused-ring (bicyclic) bond motifs is 1. The van der Waals surface area contributed by atoms with Gasteiger partial charge in [-0.1, -0.05) is 12.1 Å². The van der Waals surface area contributed by atoms with E-state index >= 15 is 0 Å². The Hall–Kier alpha value is -1.97. The molecule has 9 heteroatoms. The van der Waals surface area contributed by atoms with Crippen molar-refractivity contribution < 1.29 is 17.9 Å². The molecular formula is C18H26N4O4S.